The predicted molar refractivity (Wildman–Crippen MR) is 75.2 cm³/mol. The van der Waals surface area contributed by atoms with E-state index in [-0.39, 0.29) is 10.7 Å². The van der Waals surface area contributed by atoms with Crippen LogP contribution >= 0.6 is 12.2 Å². The highest BCUT2D eigenvalue weighted by atomic mass is 32.1. The third kappa shape index (κ3) is 3.29. The zero-order chi connectivity index (χ0) is 14.0. The molecule has 6 heteroatoms. The van der Waals surface area contributed by atoms with E-state index in [0.29, 0.717) is 5.89 Å². The van der Waals surface area contributed by atoms with Crippen LogP contribution in [0.15, 0.2) is 28.7 Å². The quantitative estimate of drug-likeness (QED) is 0.825. The molecule has 19 heavy (non-hydrogen) atoms. The van der Waals surface area contributed by atoms with Crippen molar-refractivity contribution < 1.29 is 9.21 Å². The Balaban J connectivity index is 2.15. The van der Waals surface area contributed by atoms with Crippen molar-refractivity contribution in [2.75, 3.05) is 5.32 Å². The fourth-order valence-electron chi connectivity index (χ4n) is 1.37. The first kappa shape index (κ1) is 13.5. The van der Waals surface area contributed by atoms with Gasteiger partial charge in [0.1, 0.15) is 0 Å². The molecule has 0 saturated carbocycles. The van der Waals surface area contributed by atoms with Crippen molar-refractivity contribution in [1.29, 1.82) is 0 Å². The molecular weight excluding hydrogens is 262 g/mol. The predicted octanol–water partition coefficient (Wildman–Crippen LogP) is 3.38. The number of rotatable bonds is 2. The van der Waals surface area contributed by atoms with Crippen LogP contribution in [0.2, 0.25) is 0 Å². The molecule has 2 aromatic rings. The lowest BCUT2D eigenvalue weighted by Crippen LogP contribution is -2.27. The molecule has 0 bridgehead atoms. The summed E-state index contributed by atoms with van der Waals surface area (Å²) in [6.07, 6.45) is 0. The highest BCUT2D eigenvalue weighted by Crippen LogP contribution is 2.21. The summed E-state index contributed by atoms with van der Waals surface area (Å²) >= 11 is 4.81. The van der Waals surface area contributed by atoms with Crippen molar-refractivity contribution in [3.8, 4) is 11.5 Å². The van der Waals surface area contributed by atoms with E-state index in [2.05, 4.69) is 15.5 Å². The molecule has 0 spiro atoms. The van der Waals surface area contributed by atoms with Gasteiger partial charge in [-0.15, -0.1) is 5.10 Å². The minimum Gasteiger partial charge on any atom is -0.409 e. The van der Waals surface area contributed by atoms with E-state index < -0.39 is 5.41 Å². The molecule has 5 nitrogen and oxygen atoms in total. The zero-order valence-corrected chi connectivity index (χ0v) is 11.8. The molecule has 0 saturated heterocycles. The molecule has 0 unspecified atom stereocenters. The number of hydrogen-bond donors (Lipinski definition) is 2. The van der Waals surface area contributed by atoms with Crippen LogP contribution in [0, 0.1) is 10.3 Å². The Bertz CT molecular complexity index is 635. The Morgan fingerprint density at radius 1 is 1.32 bits per heavy atom. The monoisotopic (exact) mass is 277 g/mol. The summed E-state index contributed by atoms with van der Waals surface area (Å²) in [6.45, 7) is 5.60. The topological polar surface area (TPSA) is 70.9 Å². The van der Waals surface area contributed by atoms with Crippen molar-refractivity contribution in [2.24, 2.45) is 5.41 Å². The minimum atomic E-state index is -0.423. The second kappa shape index (κ2) is 4.97. The fraction of sp³-hybridized carbons (Fsp3) is 0.308. The van der Waals surface area contributed by atoms with Crippen LogP contribution in [-0.4, -0.2) is 16.1 Å². The van der Waals surface area contributed by atoms with Gasteiger partial charge in [-0.2, -0.15) is 0 Å². The maximum absolute atomic E-state index is 11.8. The SMILES string of the molecule is CC(C)(C)C(=O)Nc1ccc(-c2n[nH]c(=S)o2)cc1. The van der Waals surface area contributed by atoms with Crippen LogP contribution in [0.5, 0.6) is 0 Å². The molecule has 100 valence electrons. The van der Waals surface area contributed by atoms with Gasteiger partial charge in [0.05, 0.1) is 0 Å². The van der Waals surface area contributed by atoms with Crippen LogP contribution in [0.3, 0.4) is 0 Å². The average molecular weight is 277 g/mol. The van der Waals surface area contributed by atoms with Crippen LogP contribution in [0.1, 0.15) is 20.8 Å². The highest BCUT2D eigenvalue weighted by molar-refractivity contribution is 7.71. The Labute approximate surface area is 116 Å². The lowest BCUT2D eigenvalue weighted by Gasteiger charge is -2.17. The lowest BCUT2D eigenvalue weighted by atomic mass is 9.95. The molecule has 0 aliphatic carbocycles. The standard InChI is InChI=1S/C13H15N3O2S/c1-13(2,3)11(17)14-9-6-4-8(5-7-9)10-15-16-12(19)18-10/h4-7H,1-3H3,(H,14,17)(H,16,19). The van der Waals surface area contributed by atoms with Crippen LogP contribution < -0.4 is 5.32 Å². The van der Waals surface area contributed by atoms with Gasteiger partial charge in [0.25, 0.3) is 4.84 Å². The number of nitrogens with one attached hydrogen (secondary N) is 2. The summed E-state index contributed by atoms with van der Waals surface area (Å²) < 4.78 is 5.21. The van der Waals surface area contributed by atoms with E-state index in [1.165, 1.54) is 0 Å². The van der Waals surface area contributed by atoms with E-state index >= 15 is 0 Å². The maximum atomic E-state index is 11.8. The summed E-state index contributed by atoms with van der Waals surface area (Å²) in [5, 5.41) is 9.34. The molecule has 1 amide bonds. The maximum Gasteiger partial charge on any atom is 0.284 e. The molecule has 2 rings (SSSR count). The van der Waals surface area contributed by atoms with Crippen molar-refractivity contribution >= 4 is 23.8 Å². The third-order valence-electron chi connectivity index (χ3n) is 2.51. The van der Waals surface area contributed by atoms with Gasteiger partial charge in [0.15, 0.2) is 0 Å². The number of carbonyl (C=O) groups is 1. The molecule has 1 aromatic heterocycles. The molecule has 0 fully saturated rings. The average Bonchev–Trinajstić information content (AvgIpc) is 2.75. The number of anilines is 1. The number of H-pyrrole nitrogens is 1. The normalized spacial score (nSPS) is 11.3. The lowest BCUT2D eigenvalue weighted by molar-refractivity contribution is -0.123. The number of aromatic amines is 1. The van der Waals surface area contributed by atoms with E-state index in [1.54, 1.807) is 12.1 Å². The van der Waals surface area contributed by atoms with E-state index in [1.807, 2.05) is 32.9 Å². The number of amides is 1. The van der Waals surface area contributed by atoms with Gasteiger partial charge in [-0.25, -0.2) is 5.10 Å². The van der Waals surface area contributed by atoms with Gasteiger partial charge >= 0.3 is 0 Å². The number of aromatic nitrogens is 2. The van der Waals surface area contributed by atoms with E-state index in [9.17, 15) is 4.79 Å². The molecule has 0 aliphatic rings. The summed E-state index contributed by atoms with van der Waals surface area (Å²) in [5.41, 5.74) is 1.10. The highest BCUT2D eigenvalue weighted by Gasteiger charge is 2.21. The molecule has 1 heterocycles. The minimum absolute atomic E-state index is 0.0300. The zero-order valence-electron chi connectivity index (χ0n) is 11.0. The molecule has 1 aromatic carbocycles. The van der Waals surface area contributed by atoms with Crippen molar-refractivity contribution in [2.45, 2.75) is 20.8 Å². The van der Waals surface area contributed by atoms with Crippen LogP contribution in [0.4, 0.5) is 5.69 Å². The van der Waals surface area contributed by atoms with Crippen molar-refractivity contribution in [3.63, 3.8) is 0 Å². The summed E-state index contributed by atoms with van der Waals surface area (Å²) in [5.74, 6) is 0.399. The van der Waals surface area contributed by atoms with Gasteiger partial charge in [0, 0.05) is 16.7 Å². The largest absolute Gasteiger partial charge is 0.409 e. The van der Waals surface area contributed by atoms with E-state index in [4.69, 9.17) is 16.6 Å². The molecule has 0 atom stereocenters. The molecule has 2 N–H and O–H groups in total. The van der Waals surface area contributed by atoms with Gasteiger partial charge in [-0.3, -0.25) is 4.79 Å². The smallest absolute Gasteiger partial charge is 0.284 e. The molecular formula is C13H15N3O2S. The molecule has 0 radical (unpaired) electrons. The number of nitrogens with zero attached hydrogens (tertiary/aromatic N) is 1. The van der Waals surface area contributed by atoms with Gasteiger partial charge < -0.3 is 9.73 Å². The van der Waals surface area contributed by atoms with Crippen molar-refractivity contribution in [1.82, 2.24) is 10.2 Å². The van der Waals surface area contributed by atoms with Gasteiger partial charge in [-0.05, 0) is 36.5 Å². The first-order valence-corrected chi connectivity index (χ1v) is 6.24. The Hall–Kier alpha value is -1.95. The number of carbonyl (C=O) groups excluding carboxylic acids is 1. The number of hydrogen-bond acceptors (Lipinski definition) is 4. The second-order valence-electron chi connectivity index (χ2n) is 5.20. The third-order valence-corrected chi connectivity index (χ3v) is 2.68. The second-order valence-corrected chi connectivity index (χ2v) is 5.57. The summed E-state index contributed by atoms with van der Waals surface area (Å²) in [6, 6.07) is 7.22. The van der Waals surface area contributed by atoms with Gasteiger partial charge in [-0.1, -0.05) is 20.8 Å². The Kier molecular flexibility index (Phi) is 3.53. The first-order chi connectivity index (χ1) is 8.86. The van der Waals surface area contributed by atoms with E-state index in [0.717, 1.165) is 11.3 Å². The fourth-order valence-corrected chi connectivity index (χ4v) is 1.49. The first-order valence-electron chi connectivity index (χ1n) is 5.84. The Morgan fingerprint density at radius 2 is 1.95 bits per heavy atom. The van der Waals surface area contributed by atoms with Crippen molar-refractivity contribution in [3.05, 3.63) is 29.1 Å². The summed E-state index contributed by atoms with van der Waals surface area (Å²) in [4.78, 5) is 12.1. The molecule has 0 aliphatic heterocycles. The Morgan fingerprint density at radius 3 is 2.42 bits per heavy atom. The number of benzene rings is 1. The van der Waals surface area contributed by atoms with Crippen LogP contribution in [-0.2, 0) is 4.79 Å². The van der Waals surface area contributed by atoms with Crippen LogP contribution in [0.25, 0.3) is 11.5 Å². The summed E-state index contributed by atoms with van der Waals surface area (Å²) in [7, 11) is 0. The van der Waals surface area contributed by atoms with Gasteiger partial charge in [0.2, 0.25) is 11.8 Å².